The maximum absolute atomic E-state index is 11.4. The summed E-state index contributed by atoms with van der Waals surface area (Å²) in [7, 11) is 1.43. The number of methoxy groups -OCH3 is 1. The van der Waals surface area contributed by atoms with Crippen molar-refractivity contribution in [2.24, 2.45) is 11.8 Å². The maximum atomic E-state index is 11.4. The number of benzene rings is 1. The van der Waals surface area contributed by atoms with Crippen LogP contribution in [0.2, 0.25) is 0 Å². The van der Waals surface area contributed by atoms with Gasteiger partial charge >= 0.3 is 6.09 Å². The summed E-state index contributed by atoms with van der Waals surface area (Å²) in [4.78, 5) is 14.0. The van der Waals surface area contributed by atoms with E-state index in [1.807, 2.05) is 0 Å². The molecule has 1 saturated carbocycles. The summed E-state index contributed by atoms with van der Waals surface area (Å²) in [6, 6.07) is 6.68. The molecule has 1 aromatic carbocycles. The van der Waals surface area contributed by atoms with Gasteiger partial charge in [-0.1, -0.05) is 15.9 Å². The minimum Gasteiger partial charge on any atom is -0.491 e. The molecule has 1 amide bonds. The van der Waals surface area contributed by atoms with Crippen LogP contribution in [0.25, 0.3) is 0 Å². The summed E-state index contributed by atoms with van der Waals surface area (Å²) >= 11 is 3.73. The molecule has 6 heteroatoms. The summed E-state index contributed by atoms with van der Waals surface area (Å²) in [5.41, 5.74) is 1.37. The summed E-state index contributed by atoms with van der Waals surface area (Å²) in [5, 5.41) is 2.95. The van der Waals surface area contributed by atoms with Crippen molar-refractivity contribution in [3.8, 4) is 5.75 Å². The molecule has 1 heterocycles. The summed E-state index contributed by atoms with van der Waals surface area (Å²) in [5.74, 6) is 2.52. The van der Waals surface area contributed by atoms with Gasteiger partial charge in [-0.2, -0.15) is 0 Å². The Morgan fingerprint density at radius 2 is 1.84 bits per heavy atom. The molecule has 1 aliphatic carbocycles. The number of hydrogen-bond acceptors (Lipinski definition) is 4. The molecule has 1 saturated heterocycles. The number of hydrogen-bond donors (Lipinski definition) is 1. The molecule has 2 fully saturated rings. The minimum atomic E-state index is -0.294. The van der Waals surface area contributed by atoms with Crippen molar-refractivity contribution in [2.75, 3.05) is 26.7 Å². The van der Waals surface area contributed by atoms with Crippen LogP contribution in [0, 0.1) is 11.8 Å². The zero-order valence-electron chi connectivity index (χ0n) is 19.4. The first-order chi connectivity index (χ1) is 14.9. The number of rotatable bonds is 8. The monoisotopic (exact) mass is 494 g/mol. The number of nitrogens with zero attached hydrogens (tertiary/aromatic N) is 1. The van der Waals surface area contributed by atoms with Crippen LogP contribution in [0.5, 0.6) is 5.75 Å². The van der Waals surface area contributed by atoms with E-state index in [0.29, 0.717) is 6.04 Å². The molecule has 1 aromatic rings. The molecule has 174 valence electrons. The van der Waals surface area contributed by atoms with E-state index in [9.17, 15) is 4.79 Å². The molecule has 5 nitrogen and oxygen atoms in total. The van der Waals surface area contributed by atoms with Crippen LogP contribution in [0.15, 0.2) is 22.7 Å². The quantitative estimate of drug-likeness (QED) is 0.496. The largest absolute Gasteiger partial charge is 0.491 e. The third-order valence-electron chi connectivity index (χ3n) is 6.81. The van der Waals surface area contributed by atoms with Crippen molar-refractivity contribution in [1.29, 1.82) is 0 Å². The molecule has 0 aromatic heterocycles. The van der Waals surface area contributed by atoms with Crippen molar-refractivity contribution in [3.05, 3.63) is 28.2 Å². The Labute approximate surface area is 196 Å². The van der Waals surface area contributed by atoms with E-state index in [2.05, 4.69) is 58.2 Å². The van der Waals surface area contributed by atoms with E-state index in [1.54, 1.807) is 0 Å². The van der Waals surface area contributed by atoms with Gasteiger partial charge in [-0.25, -0.2) is 4.79 Å². The average Bonchev–Trinajstić information content (AvgIpc) is 2.76. The van der Waals surface area contributed by atoms with Gasteiger partial charge in [0.25, 0.3) is 0 Å². The van der Waals surface area contributed by atoms with E-state index >= 15 is 0 Å². The molecule has 31 heavy (non-hydrogen) atoms. The highest BCUT2D eigenvalue weighted by Gasteiger charge is 2.25. The summed E-state index contributed by atoms with van der Waals surface area (Å²) in [6.07, 6.45) is 9.47. The van der Waals surface area contributed by atoms with E-state index in [4.69, 9.17) is 9.47 Å². The number of nitrogens with one attached hydrogen (secondary N) is 1. The molecule has 0 radical (unpaired) electrons. The Hall–Kier alpha value is -1.27. The fourth-order valence-corrected chi connectivity index (χ4v) is 5.37. The number of amides is 1. The van der Waals surface area contributed by atoms with E-state index in [0.717, 1.165) is 36.8 Å². The van der Waals surface area contributed by atoms with Crippen LogP contribution in [-0.4, -0.2) is 49.9 Å². The second kappa shape index (κ2) is 12.1. The Morgan fingerprint density at radius 1 is 1.13 bits per heavy atom. The Balaban J connectivity index is 1.36. The van der Waals surface area contributed by atoms with Crippen LogP contribution < -0.4 is 10.1 Å². The van der Waals surface area contributed by atoms with Crippen LogP contribution in [-0.2, 0) is 11.2 Å². The van der Waals surface area contributed by atoms with E-state index in [1.165, 1.54) is 68.9 Å². The normalized spacial score (nSPS) is 23.0. The third-order valence-corrected chi connectivity index (χ3v) is 7.59. The first-order valence-corrected chi connectivity index (χ1v) is 12.7. The van der Waals surface area contributed by atoms with Gasteiger partial charge in [-0.15, -0.1) is 0 Å². The predicted octanol–water partition coefficient (Wildman–Crippen LogP) is 5.80. The number of halogens is 1. The molecule has 0 unspecified atom stereocenters. The van der Waals surface area contributed by atoms with E-state index in [-0.39, 0.29) is 12.2 Å². The van der Waals surface area contributed by atoms with Gasteiger partial charge < -0.3 is 19.7 Å². The summed E-state index contributed by atoms with van der Waals surface area (Å²) in [6.45, 7) is 7.78. The molecule has 1 aliphatic heterocycles. The Bertz CT molecular complexity index is 696. The number of carbonyl (C=O) groups excluding carboxylic acids is 1. The highest BCUT2D eigenvalue weighted by atomic mass is 79.9. The molecular formula is C25H39BrN2O3. The average molecular weight is 496 g/mol. The zero-order valence-corrected chi connectivity index (χ0v) is 21.0. The van der Waals surface area contributed by atoms with Crippen LogP contribution in [0.4, 0.5) is 4.79 Å². The number of carbonyl (C=O) groups is 1. The zero-order chi connectivity index (χ0) is 22.2. The van der Waals surface area contributed by atoms with Gasteiger partial charge in [-0.3, -0.25) is 0 Å². The molecule has 3 rings (SSSR count). The van der Waals surface area contributed by atoms with Crippen molar-refractivity contribution in [1.82, 2.24) is 10.2 Å². The first kappa shape index (κ1) is 24.4. The highest BCUT2D eigenvalue weighted by Crippen LogP contribution is 2.31. The molecule has 0 spiro atoms. The standard InChI is InChI=1S/C25H39BrN2O3/c1-18(2)31-23-8-9-24(26)21(17-23)16-20-11-14-28(15-12-20)13-10-19-4-6-22(7-5-19)27-25(29)30-3/h8-9,17-20,22H,4-7,10-16H2,1-3H3,(H,27,29)/t19-,22-. The second-order valence-electron chi connectivity index (χ2n) is 9.55. The van der Waals surface area contributed by atoms with Gasteiger partial charge in [0, 0.05) is 10.5 Å². The number of alkyl carbamates (subject to hydrolysis) is 1. The number of piperidine rings is 1. The van der Waals surface area contributed by atoms with Gasteiger partial charge in [0.15, 0.2) is 0 Å². The van der Waals surface area contributed by atoms with Gasteiger partial charge in [0.2, 0.25) is 0 Å². The molecule has 1 N–H and O–H groups in total. The lowest BCUT2D eigenvalue weighted by Gasteiger charge is -2.34. The van der Waals surface area contributed by atoms with Crippen molar-refractivity contribution >= 4 is 22.0 Å². The lowest BCUT2D eigenvalue weighted by atomic mass is 9.83. The SMILES string of the molecule is COC(=O)N[C@H]1CC[C@H](CCN2CCC(Cc3cc(OC(C)C)ccc3Br)CC2)CC1. The van der Waals surface area contributed by atoms with E-state index < -0.39 is 0 Å². The van der Waals surface area contributed by atoms with Gasteiger partial charge in [0.05, 0.1) is 13.2 Å². The predicted molar refractivity (Wildman–Crippen MR) is 129 cm³/mol. The third kappa shape index (κ3) is 7.98. The number of ether oxygens (including phenoxy) is 2. The molecule has 2 aliphatic rings. The Kier molecular flexibility index (Phi) is 9.51. The first-order valence-electron chi connectivity index (χ1n) is 11.9. The molecular weight excluding hydrogens is 456 g/mol. The smallest absolute Gasteiger partial charge is 0.407 e. The van der Waals surface area contributed by atoms with Crippen molar-refractivity contribution in [2.45, 2.75) is 77.4 Å². The highest BCUT2D eigenvalue weighted by molar-refractivity contribution is 9.10. The summed E-state index contributed by atoms with van der Waals surface area (Å²) < 4.78 is 11.8. The topological polar surface area (TPSA) is 50.8 Å². The maximum Gasteiger partial charge on any atom is 0.407 e. The fourth-order valence-electron chi connectivity index (χ4n) is 4.96. The van der Waals surface area contributed by atoms with Crippen LogP contribution in [0.3, 0.4) is 0 Å². The van der Waals surface area contributed by atoms with Crippen molar-refractivity contribution < 1.29 is 14.3 Å². The lowest BCUT2D eigenvalue weighted by Crippen LogP contribution is -2.39. The van der Waals surface area contributed by atoms with Gasteiger partial charge in [-0.05, 0) is 120 Å². The Morgan fingerprint density at radius 3 is 2.48 bits per heavy atom. The van der Waals surface area contributed by atoms with Crippen molar-refractivity contribution in [3.63, 3.8) is 0 Å². The molecule has 0 atom stereocenters. The van der Waals surface area contributed by atoms with Crippen LogP contribution >= 0.6 is 15.9 Å². The van der Waals surface area contributed by atoms with Crippen LogP contribution in [0.1, 0.15) is 64.4 Å². The number of likely N-dealkylation sites (tertiary alicyclic amines) is 1. The minimum absolute atomic E-state index is 0.205. The van der Waals surface area contributed by atoms with Gasteiger partial charge in [0.1, 0.15) is 5.75 Å². The fraction of sp³-hybridized carbons (Fsp3) is 0.720. The molecule has 0 bridgehead atoms. The second-order valence-corrected chi connectivity index (χ2v) is 10.4. The lowest BCUT2D eigenvalue weighted by molar-refractivity contribution is 0.152.